The van der Waals surface area contributed by atoms with Crippen molar-refractivity contribution in [1.29, 1.82) is 0 Å². The van der Waals surface area contributed by atoms with Crippen molar-refractivity contribution in [3.05, 3.63) is 10.4 Å². The molecule has 0 bridgehead atoms. The van der Waals surface area contributed by atoms with Crippen LogP contribution in [0.1, 0.15) is 0 Å². The molecule has 0 aromatic heterocycles. The van der Waals surface area contributed by atoms with Gasteiger partial charge in [-0.15, -0.1) is 0 Å². The van der Waals surface area contributed by atoms with Crippen LogP contribution in [0.2, 0.25) is 0 Å². The second-order valence-electron chi connectivity index (χ2n) is 3.00. The molecule has 1 N–H and O–H groups in total. The molecule has 0 amide bonds. The molecule has 1 unspecified atom stereocenters. The summed E-state index contributed by atoms with van der Waals surface area (Å²) < 4.78 is 23.4. The van der Waals surface area contributed by atoms with Gasteiger partial charge >= 0.3 is 0 Å². The van der Waals surface area contributed by atoms with Crippen LogP contribution >= 0.6 is 0 Å². The first-order chi connectivity index (χ1) is 6.70. The first-order valence-corrected chi connectivity index (χ1v) is 4.23. The molecule has 14 heavy (non-hydrogen) atoms. The van der Waals surface area contributed by atoms with Crippen LogP contribution in [0.4, 0.5) is 4.39 Å². The molecule has 1 aliphatic heterocycles. The third kappa shape index (κ3) is 2.36. The van der Waals surface area contributed by atoms with E-state index in [2.05, 4.69) is 10.0 Å². The quantitative estimate of drug-likeness (QED) is 0.284. The molecule has 0 aliphatic carbocycles. The molecule has 1 heterocycles. The molecule has 0 aromatic rings. The Bertz CT molecular complexity index is 238. The second kappa shape index (κ2) is 5.16. The Hall–Kier alpha value is -0.815. The van der Waals surface area contributed by atoms with Crippen molar-refractivity contribution in [3.63, 3.8) is 0 Å². The van der Waals surface area contributed by atoms with E-state index < -0.39 is 24.4 Å². The highest BCUT2D eigenvalue weighted by molar-refractivity contribution is 6.11. The lowest BCUT2D eigenvalue weighted by Gasteiger charge is -2.16. The lowest BCUT2D eigenvalue weighted by molar-refractivity contribution is -0.0423. The van der Waals surface area contributed by atoms with Crippen molar-refractivity contribution in [3.8, 4) is 0 Å². The fourth-order valence-corrected chi connectivity index (χ4v) is 1.39. The van der Waals surface area contributed by atoms with E-state index in [0.717, 1.165) is 0 Å². The van der Waals surface area contributed by atoms with Crippen LogP contribution < -0.4 is 0 Å². The minimum Gasteiger partial charge on any atom is -0.394 e. The minimum atomic E-state index is -1.30. The predicted molar refractivity (Wildman–Crippen MR) is 48.1 cm³/mol. The maximum absolute atomic E-state index is 13.4. The Morgan fingerprint density at radius 2 is 2.43 bits per heavy atom. The summed E-state index contributed by atoms with van der Waals surface area (Å²) in [5, 5.41) is 12.0. The highest BCUT2D eigenvalue weighted by atomic mass is 19.1. The Morgan fingerprint density at radius 1 is 1.71 bits per heavy atom. The van der Waals surface area contributed by atoms with Crippen LogP contribution in [0.5, 0.6) is 0 Å². The van der Waals surface area contributed by atoms with Crippen LogP contribution in [-0.4, -0.2) is 50.7 Å². The summed E-state index contributed by atoms with van der Waals surface area (Å²) in [7, 11) is 1.56. The van der Waals surface area contributed by atoms with E-state index in [1.807, 2.05) is 0 Å². The molecule has 0 saturated carbocycles. The highest BCUT2D eigenvalue weighted by Crippen LogP contribution is 2.24. The van der Waals surface area contributed by atoms with Crippen LogP contribution in [0.25, 0.3) is 10.4 Å². The molecule has 0 spiro atoms. The molecular weight excluding hydrogens is 192 g/mol. The van der Waals surface area contributed by atoms with Gasteiger partial charge in [0.25, 0.3) is 0 Å². The number of aliphatic hydroxyl groups excluding tert-OH is 1. The molecule has 78 valence electrons. The monoisotopic (exact) mass is 203 g/mol. The summed E-state index contributed by atoms with van der Waals surface area (Å²) in [6.45, 7) is -0.570. The van der Waals surface area contributed by atoms with Gasteiger partial charge in [-0.1, -0.05) is 5.11 Å². The lowest BCUT2D eigenvalue weighted by atomic mass is 9.94. The molecule has 0 radical (unpaired) electrons. The molecule has 1 saturated heterocycles. The number of rotatable bonds is 4. The van der Waals surface area contributed by atoms with Crippen LogP contribution in [0.3, 0.4) is 0 Å². The average Bonchev–Trinajstić information content (AvgIpc) is 2.45. The fraction of sp³-hybridized carbons (Fsp3) is 1.00. The number of azide groups is 1. The van der Waals surface area contributed by atoms with E-state index in [1.165, 1.54) is 0 Å². The van der Waals surface area contributed by atoms with Crippen molar-refractivity contribution < 1.29 is 19.0 Å². The van der Waals surface area contributed by atoms with Gasteiger partial charge in [-0.3, -0.25) is 0 Å². The zero-order valence-corrected chi connectivity index (χ0v) is 7.71. The van der Waals surface area contributed by atoms with Gasteiger partial charge in [0.1, 0.15) is 33.0 Å². The van der Waals surface area contributed by atoms with Crippen LogP contribution in [0, 0.1) is 0 Å². The smallest absolute Gasteiger partial charge is 0.147 e. The number of ether oxygens (including phenoxy) is 2. The van der Waals surface area contributed by atoms with E-state index in [9.17, 15) is 4.39 Å². The Kier molecular flexibility index (Phi) is 4.15. The molecular formula is C6H11BFN3O3. The highest BCUT2D eigenvalue weighted by Gasteiger charge is 2.42. The number of nitrogens with zero attached hydrogens (tertiary/aromatic N) is 3. The lowest BCUT2D eigenvalue weighted by Crippen LogP contribution is -2.34. The second-order valence-corrected chi connectivity index (χ2v) is 3.00. The van der Waals surface area contributed by atoms with Crippen molar-refractivity contribution in [2.75, 3.05) is 13.3 Å². The normalized spacial score (nSPS) is 36.7. The molecule has 1 aliphatic rings. The van der Waals surface area contributed by atoms with Crippen molar-refractivity contribution in [1.82, 2.24) is 0 Å². The largest absolute Gasteiger partial charge is 0.394 e. The number of hydrogen-bond acceptors (Lipinski definition) is 4. The van der Waals surface area contributed by atoms with E-state index in [0.29, 0.717) is 0 Å². The summed E-state index contributed by atoms with van der Waals surface area (Å²) in [5.74, 6) is 0. The molecule has 1 fully saturated rings. The van der Waals surface area contributed by atoms with Gasteiger partial charge in [0.2, 0.25) is 0 Å². The standard InChI is InChI=1S/C6H11BFN3O3/c7-6-4(8)5(3(1-12)14-6)13-2-10-11-9/h3-6,12H,1-2,7H2/t3-,4+,5?,6-/m1/s1. The van der Waals surface area contributed by atoms with Gasteiger partial charge < -0.3 is 14.6 Å². The Morgan fingerprint density at radius 3 is 3.00 bits per heavy atom. The summed E-state index contributed by atoms with van der Waals surface area (Å²) in [6.07, 6.45) is -2.85. The average molecular weight is 203 g/mol. The number of hydrogen-bond donors (Lipinski definition) is 1. The van der Waals surface area contributed by atoms with Crippen molar-refractivity contribution in [2.45, 2.75) is 24.4 Å². The van der Waals surface area contributed by atoms with E-state index in [4.69, 9.17) is 20.1 Å². The van der Waals surface area contributed by atoms with Gasteiger partial charge in [-0.25, -0.2) is 4.39 Å². The summed E-state index contributed by atoms with van der Waals surface area (Å²) >= 11 is 0. The molecule has 0 aromatic carbocycles. The molecule has 4 atom stereocenters. The molecule has 8 heteroatoms. The maximum Gasteiger partial charge on any atom is 0.147 e. The molecule has 6 nitrogen and oxygen atoms in total. The minimum absolute atomic E-state index is 0.256. The van der Waals surface area contributed by atoms with Gasteiger partial charge in [0.05, 0.1) is 12.6 Å². The zero-order chi connectivity index (χ0) is 10.6. The predicted octanol–water partition coefficient (Wildman–Crippen LogP) is -0.672. The number of alkyl halides is 1. The van der Waals surface area contributed by atoms with Crippen molar-refractivity contribution >= 4 is 7.85 Å². The van der Waals surface area contributed by atoms with E-state index >= 15 is 0 Å². The molecule has 1 rings (SSSR count). The van der Waals surface area contributed by atoms with Crippen LogP contribution in [0.15, 0.2) is 5.11 Å². The van der Waals surface area contributed by atoms with Crippen LogP contribution in [-0.2, 0) is 9.47 Å². The van der Waals surface area contributed by atoms with E-state index in [1.54, 1.807) is 7.85 Å². The summed E-state index contributed by atoms with van der Waals surface area (Å²) in [4.78, 5) is 2.47. The maximum atomic E-state index is 13.4. The fourth-order valence-electron chi connectivity index (χ4n) is 1.39. The van der Waals surface area contributed by atoms with Crippen molar-refractivity contribution in [2.24, 2.45) is 5.11 Å². The third-order valence-electron chi connectivity index (χ3n) is 2.09. The Balaban J connectivity index is 2.50. The topological polar surface area (TPSA) is 87.5 Å². The summed E-state index contributed by atoms with van der Waals surface area (Å²) in [5.41, 5.74) is 7.99. The first kappa shape index (κ1) is 11.3. The SMILES string of the molecule is B[C@@H]1O[C@H](CO)C(OCN=[N+]=[N-])[C@@H]1F. The number of aliphatic hydroxyl groups is 1. The van der Waals surface area contributed by atoms with Gasteiger partial charge in [0, 0.05) is 4.91 Å². The first-order valence-electron chi connectivity index (χ1n) is 4.23. The summed E-state index contributed by atoms with van der Waals surface area (Å²) in [6, 6.07) is -0.608. The number of halogens is 1. The van der Waals surface area contributed by atoms with Gasteiger partial charge in [-0.05, 0) is 5.53 Å². The van der Waals surface area contributed by atoms with Gasteiger partial charge in [-0.2, -0.15) is 0 Å². The zero-order valence-electron chi connectivity index (χ0n) is 7.71. The third-order valence-corrected chi connectivity index (χ3v) is 2.09. The van der Waals surface area contributed by atoms with Gasteiger partial charge in [0.15, 0.2) is 0 Å². The van der Waals surface area contributed by atoms with E-state index in [-0.39, 0.29) is 13.3 Å². The Labute approximate surface area is 81.0 Å².